The summed E-state index contributed by atoms with van der Waals surface area (Å²) < 4.78 is 0. The van der Waals surface area contributed by atoms with Crippen molar-refractivity contribution in [2.75, 3.05) is 0 Å². The molecule has 1 aliphatic rings. The van der Waals surface area contributed by atoms with Gasteiger partial charge in [-0.15, -0.1) is 0 Å². The van der Waals surface area contributed by atoms with Gasteiger partial charge in [-0.05, 0) is 55.2 Å². The highest BCUT2D eigenvalue weighted by Gasteiger charge is 2.34. The van der Waals surface area contributed by atoms with E-state index in [4.69, 9.17) is 11.6 Å². The minimum atomic E-state index is -0.626. The lowest BCUT2D eigenvalue weighted by atomic mass is 9.70. The summed E-state index contributed by atoms with van der Waals surface area (Å²) in [4.78, 5) is 11.5. The van der Waals surface area contributed by atoms with Gasteiger partial charge in [0, 0.05) is 5.02 Å². The van der Waals surface area contributed by atoms with E-state index in [1.165, 1.54) is 18.4 Å². The molecule has 0 aliphatic heterocycles. The maximum Gasteiger partial charge on any atom is 0.306 e. The third-order valence-electron chi connectivity index (χ3n) is 4.52. The molecule has 110 valence electrons. The van der Waals surface area contributed by atoms with Crippen LogP contribution in [0, 0.1) is 17.8 Å². The monoisotopic (exact) mass is 294 g/mol. The summed E-state index contributed by atoms with van der Waals surface area (Å²) in [6.07, 6.45) is 6.22. The third-order valence-corrected chi connectivity index (χ3v) is 4.77. The number of rotatable bonds is 5. The van der Waals surface area contributed by atoms with Crippen molar-refractivity contribution in [3.63, 3.8) is 0 Å². The summed E-state index contributed by atoms with van der Waals surface area (Å²) in [5, 5.41) is 10.2. The molecule has 1 saturated carbocycles. The number of hydrogen-bond donors (Lipinski definition) is 1. The molecule has 0 heterocycles. The normalized spacial score (nSPS) is 26.4. The van der Waals surface area contributed by atoms with Crippen molar-refractivity contribution < 1.29 is 9.90 Å². The Morgan fingerprint density at radius 3 is 2.60 bits per heavy atom. The van der Waals surface area contributed by atoms with Crippen molar-refractivity contribution in [1.82, 2.24) is 0 Å². The van der Waals surface area contributed by atoms with E-state index in [0.717, 1.165) is 30.7 Å². The van der Waals surface area contributed by atoms with Crippen LogP contribution in [0.2, 0.25) is 5.02 Å². The van der Waals surface area contributed by atoms with E-state index in [1.54, 1.807) is 0 Å². The highest BCUT2D eigenvalue weighted by atomic mass is 35.5. The first-order valence-corrected chi connectivity index (χ1v) is 7.95. The van der Waals surface area contributed by atoms with Gasteiger partial charge in [0.25, 0.3) is 0 Å². The second-order valence-electron chi connectivity index (χ2n) is 6.00. The predicted molar refractivity (Wildman–Crippen MR) is 82.0 cm³/mol. The maximum atomic E-state index is 11.5. The zero-order valence-electron chi connectivity index (χ0n) is 12.0. The summed E-state index contributed by atoms with van der Waals surface area (Å²) in [7, 11) is 0. The van der Waals surface area contributed by atoms with Crippen molar-refractivity contribution >= 4 is 17.6 Å². The molecule has 1 N–H and O–H groups in total. The van der Waals surface area contributed by atoms with Crippen LogP contribution in [0.1, 0.15) is 44.6 Å². The molecule has 1 aliphatic carbocycles. The molecule has 1 aromatic carbocycles. The number of aliphatic carboxylic acids is 1. The van der Waals surface area contributed by atoms with Crippen LogP contribution in [0.3, 0.4) is 0 Å². The molecular formula is C17H23ClO2. The molecule has 2 rings (SSSR count). The van der Waals surface area contributed by atoms with Crippen molar-refractivity contribution in [2.45, 2.75) is 45.4 Å². The van der Waals surface area contributed by atoms with Gasteiger partial charge >= 0.3 is 5.97 Å². The van der Waals surface area contributed by atoms with Crippen LogP contribution in [0.15, 0.2) is 24.3 Å². The average Bonchev–Trinajstić information content (AvgIpc) is 2.42. The van der Waals surface area contributed by atoms with Crippen LogP contribution in [0.4, 0.5) is 0 Å². The lowest BCUT2D eigenvalue weighted by Crippen LogP contribution is -2.32. The van der Waals surface area contributed by atoms with E-state index in [1.807, 2.05) is 24.3 Å². The molecule has 3 unspecified atom stereocenters. The van der Waals surface area contributed by atoms with Crippen molar-refractivity contribution in [2.24, 2.45) is 17.8 Å². The molecule has 3 atom stereocenters. The highest BCUT2D eigenvalue weighted by molar-refractivity contribution is 6.30. The largest absolute Gasteiger partial charge is 0.481 e. The lowest BCUT2D eigenvalue weighted by Gasteiger charge is -2.34. The Bertz CT molecular complexity index is 441. The Labute approximate surface area is 126 Å². The van der Waals surface area contributed by atoms with Gasteiger partial charge in [-0.3, -0.25) is 4.79 Å². The van der Waals surface area contributed by atoms with Crippen LogP contribution in [-0.4, -0.2) is 11.1 Å². The first-order chi connectivity index (χ1) is 9.60. The standard InChI is InChI=1S/C17H23ClO2/c1-2-3-12-6-9-16(17(19)20)14(10-12)11-13-4-7-15(18)8-5-13/h4-5,7-8,12,14,16H,2-3,6,9-11H2,1H3,(H,19,20). The second-order valence-corrected chi connectivity index (χ2v) is 6.44. The van der Waals surface area contributed by atoms with E-state index in [-0.39, 0.29) is 11.8 Å². The Balaban J connectivity index is 2.06. The van der Waals surface area contributed by atoms with Crippen LogP contribution < -0.4 is 0 Å². The Morgan fingerprint density at radius 2 is 2.00 bits per heavy atom. The molecule has 1 fully saturated rings. The van der Waals surface area contributed by atoms with E-state index in [0.29, 0.717) is 5.92 Å². The molecule has 0 spiro atoms. The lowest BCUT2D eigenvalue weighted by molar-refractivity contribution is -0.145. The Kier molecular flexibility index (Phi) is 5.47. The molecule has 0 aromatic heterocycles. The quantitative estimate of drug-likeness (QED) is 0.847. The van der Waals surface area contributed by atoms with Crippen LogP contribution >= 0.6 is 11.6 Å². The van der Waals surface area contributed by atoms with Crippen LogP contribution in [0.25, 0.3) is 0 Å². The molecule has 1 aromatic rings. The first kappa shape index (κ1) is 15.4. The maximum absolute atomic E-state index is 11.5. The van der Waals surface area contributed by atoms with Gasteiger partial charge in [0.2, 0.25) is 0 Å². The third kappa shape index (κ3) is 3.99. The molecule has 20 heavy (non-hydrogen) atoms. The number of carboxylic acid groups (broad SMARTS) is 1. The fraction of sp³-hybridized carbons (Fsp3) is 0.588. The van der Waals surface area contributed by atoms with Gasteiger partial charge in [0.05, 0.1) is 5.92 Å². The topological polar surface area (TPSA) is 37.3 Å². The number of halogens is 1. The Morgan fingerprint density at radius 1 is 1.30 bits per heavy atom. The number of carboxylic acids is 1. The minimum absolute atomic E-state index is 0.182. The summed E-state index contributed by atoms with van der Waals surface area (Å²) in [5.41, 5.74) is 1.20. The summed E-state index contributed by atoms with van der Waals surface area (Å²) in [6, 6.07) is 7.81. The van der Waals surface area contributed by atoms with Gasteiger partial charge in [-0.2, -0.15) is 0 Å². The van der Waals surface area contributed by atoms with Crippen molar-refractivity contribution in [1.29, 1.82) is 0 Å². The average molecular weight is 295 g/mol. The molecule has 2 nitrogen and oxygen atoms in total. The van der Waals surface area contributed by atoms with E-state index >= 15 is 0 Å². The molecule has 0 amide bonds. The fourth-order valence-corrected chi connectivity index (χ4v) is 3.63. The van der Waals surface area contributed by atoms with E-state index < -0.39 is 5.97 Å². The van der Waals surface area contributed by atoms with Gasteiger partial charge in [0.1, 0.15) is 0 Å². The smallest absolute Gasteiger partial charge is 0.306 e. The fourth-order valence-electron chi connectivity index (χ4n) is 3.51. The summed E-state index contributed by atoms with van der Waals surface area (Å²) in [5.74, 6) is 0.157. The highest BCUT2D eigenvalue weighted by Crippen LogP contribution is 2.38. The van der Waals surface area contributed by atoms with E-state index in [9.17, 15) is 9.90 Å². The number of benzene rings is 1. The van der Waals surface area contributed by atoms with Crippen LogP contribution in [-0.2, 0) is 11.2 Å². The number of carbonyl (C=O) groups is 1. The van der Waals surface area contributed by atoms with Gasteiger partial charge in [-0.25, -0.2) is 0 Å². The summed E-state index contributed by atoms with van der Waals surface area (Å²) in [6.45, 7) is 2.21. The molecule has 0 radical (unpaired) electrons. The zero-order valence-corrected chi connectivity index (χ0v) is 12.8. The molecular weight excluding hydrogens is 272 g/mol. The summed E-state index contributed by atoms with van der Waals surface area (Å²) >= 11 is 5.90. The number of hydrogen-bond acceptors (Lipinski definition) is 1. The van der Waals surface area contributed by atoms with Gasteiger partial charge < -0.3 is 5.11 Å². The van der Waals surface area contributed by atoms with Gasteiger partial charge in [0.15, 0.2) is 0 Å². The second kappa shape index (κ2) is 7.12. The van der Waals surface area contributed by atoms with Gasteiger partial charge in [-0.1, -0.05) is 43.5 Å². The van der Waals surface area contributed by atoms with Crippen molar-refractivity contribution in [3.05, 3.63) is 34.9 Å². The zero-order chi connectivity index (χ0) is 14.5. The van der Waals surface area contributed by atoms with E-state index in [2.05, 4.69) is 6.92 Å². The predicted octanol–water partition coefficient (Wildman–Crippen LogP) is 4.80. The minimum Gasteiger partial charge on any atom is -0.481 e. The first-order valence-electron chi connectivity index (χ1n) is 7.57. The Hall–Kier alpha value is -1.02. The SMILES string of the molecule is CCCC1CCC(C(=O)O)C(Cc2ccc(Cl)cc2)C1. The molecule has 0 bridgehead atoms. The molecule has 0 saturated heterocycles. The van der Waals surface area contributed by atoms with Crippen LogP contribution in [0.5, 0.6) is 0 Å². The molecule has 3 heteroatoms. The van der Waals surface area contributed by atoms with Crippen molar-refractivity contribution in [3.8, 4) is 0 Å².